The Bertz CT molecular complexity index is 906. The van der Waals surface area contributed by atoms with Gasteiger partial charge in [-0.1, -0.05) is 53.0 Å². The van der Waals surface area contributed by atoms with Crippen LogP contribution in [0.15, 0.2) is 48.5 Å². The van der Waals surface area contributed by atoms with Gasteiger partial charge in [-0.25, -0.2) is 9.48 Å². The van der Waals surface area contributed by atoms with Crippen LogP contribution in [0, 0.1) is 0 Å². The van der Waals surface area contributed by atoms with E-state index in [0.29, 0.717) is 32.0 Å². The number of rotatable bonds is 3. The van der Waals surface area contributed by atoms with Crippen LogP contribution < -0.4 is 0 Å². The maximum absolute atomic E-state index is 11.3. The largest absolute Gasteiger partial charge is 0.476 e. The number of carboxylic acids is 1. The van der Waals surface area contributed by atoms with Crippen molar-refractivity contribution in [2.24, 2.45) is 0 Å². The number of hydrogen-bond acceptors (Lipinski definition) is 2. The van der Waals surface area contributed by atoms with E-state index < -0.39 is 5.97 Å². The molecule has 0 bridgehead atoms. The van der Waals surface area contributed by atoms with Gasteiger partial charge in [0.15, 0.2) is 5.69 Å². The van der Waals surface area contributed by atoms with E-state index in [1.54, 1.807) is 36.4 Å². The van der Waals surface area contributed by atoms with Crippen molar-refractivity contribution in [3.63, 3.8) is 0 Å². The molecule has 3 rings (SSSR count). The molecule has 1 N–H and O–H groups in total. The molecule has 3 aromatic rings. The van der Waals surface area contributed by atoms with Crippen LogP contribution in [-0.4, -0.2) is 20.9 Å². The zero-order valence-electron chi connectivity index (χ0n) is 11.5. The van der Waals surface area contributed by atoms with E-state index in [4.69, 9.17) is 34.8 Å². The molecule has 0 aliphatic rings. The standard InChI is InChI=1S/C16H9Cl3N2O2/c17-9-5-6-14(12(19)7-9)21-15(8-13(20-21)16(22)23)10-3-1-2-4-11(10)18/h1-8H,(H,22,23). The number of carbonyl (C=O) groups is 1. The first kappa shape index (κ1) is 15.9. The molecule has 23 heavy (non-hydrogen) atoms. The third-order valence-electron chi connectivity index (χ3n) is 3.22. The Kier molecular flexibility index (Phi) is 4.31. The van der Waals surface area contributed by atoms with Gasteiger partial charge in [0.25, 0.3) is 0 Å². The monoisotopic (exact) mass is 366 g/mol. The van der Waals surface area contributed by atoms with Gasteiger partial charge in [0.1, 0.15) is 0 Å². The van der Waals surface area contributed by atoms with Crippen molar-refractivity contribution in [2.75, 3.05) is 0 Å². The lowest BCUT2D eigenvalue weighted by Crippen LogP contribution is -2.03. The normalized spacial score (nSPS) is 10.7. The first-order chi connectivity index (χ1) is 11.0. The van der Waals surface area contributed by atoms with E-state index in [9.17, 15) is 9.90 Å². The Morgan fingerprint density at radius 3 is 2.39 bits per heavy atom. The predicted octanol–water partition coefficient (Wildman–Crippen LogP) is 5.20. The summed E-state index contributed by atoms with van der Waals surface area (Å²) >= 11 is 18.4. The fraction of sp³-hybridized carbons (Fsp3) is 0. The fourth-order valence-electron chi connectivity index (χ4n) is 2.18. The number of nitrogens with zero attached hydrogens (tertiary/aromatic N) is 2. The average Bonchev–Trinajstić information content (AvgIpc) is 2.92. The van der Waals surface area contributed by atoms with E-state index in [-0.39, 0.29) is 5.69 Å². The molecule has 7 heteroatoms. The number of benzene rings is 2. The fourth-order valence-corrected chi connectivity index (χ4v) is 2.90. The summed E-state index contributed by atoms with van der Waals surface area (Å²) in [5, 5.41) is 14.7. The zero-order chi connectivity index (χ0) is 16.6. The van der Waals surface area contributed by atoms with Crippen molar-refractivity contribution >= 4 is 40.8 Å². The topological polar surface area (TPSA) is 55.1 Å². The summed E-state index contributed by atoms with van der Waals surface area (Å²) in [5.41, 5.74) is 1.59. The minimum atomic E-state index is -1.14. The second kappa shape index (κ2) is 6.24. The Hall–Kier alpha value is -2.01. The van der Waals surface area contributed by atoms with E-state index in [0.717, 1.165) is 0 Å². The number of halogens is 3. The highest BCUT2D eigenvalue weighted by molar-refractivity contribution is 6.36. The number of aromatic carboxylic acids is 1. The molecule has 0 aliphatic heterocycles. The maximum Gasteiger partial charge on any atom is 0.356 e. The summed E-state index contributed by atoms with van der Waals surface area (Å²) in [5.74, 6) is -1.14. The van der Waals surface area contributed by atoms with Crippen LogP contribution in [0.3, 0.4) is 0 Å². The van der Waals surface area contributed by atoms with Crippen LogP contribution in [0.25, 0.3) is 16.9 Å². The summed E-state index contributed by atoms with van der Waals surface area (Å²) in [7, 11) is 0. The molecule has 0 amide bonds. The molecule has 4 nitrogen and oxygen atoms in total. The molecular formula is C16H9Cl3N2O2. The second-order valence-corrected chi connectivity index (χ2v) is 5.96. The number of hydrogen-bond donors (Lipinski definition) is 1. The van der Waals surface area contributed by atoms with E-state index >= 15 is 0 Å². The lowest BCUT2D eigenvalue weighted by molar-refractivity contribution is 0.0690. The summed E-state index contributed by atoms with van der Waals surface area (Å²) in [6.45, 7) is 0. The third-order valence-corrected chi connectivity index (χ3v) is 4.08. The Morgan fingerprint density at radius 1 is 1.00 bits per heavy atom. The summed E-state index contributed by atoms with van der Waals surface area (Å²) in [6, 6.07) is 13.4. The molecule has 0 saturated carbocycles. The van der Waals surface area contributed by atoms with E-state index in [2.05, 4.69) is 5.10 Å². The lowest BCUT2D eigenvalue weighted by Gasteiger charge is -2.10. The molecular weight excluding hydrogens is 359 g/mol. The van der Waals surface area contributed by atoms with Crippen LogP contribution in [-0.2, 0) is 0 Å². The number of carboxylic acid groups (broad SMARTS) is 1. The van der Waals surface area contributed by atoms with E-state index in [1.807, 2.05) is 6.07 Å². The van der Waals surface area contributed by atoms with E-state index in [1.165, 1.54) is 10.7 Å². The van der Waals surface area contributed by atoms with Crippen molar-refractivity contribution in [1.29, 1.82) is 0 Å². The Balaban J connectivity index is 2.28. The molecule has 0 saturated heterocycles. The summed E-state index contributed by atoms with van der Waals surface area (Å²) in [6.07, 6.45) is 0. The van der Waals surface area contributed by atoms with Crippen LogP contribution in [0.2, 0.25) is 15.1 Å². The summed E-state index contributed by atoms with van der Waals surface area (Å²) in [4.78, 5) is 11.3. The molecule has 0 radical (unpaired) electrons. The van der Waals surface area contributed by atoms with Gasteiger partial charge in [-0.15, -0.1) is 0 Å². The van der Waals surface area contributed by atoms with Crippen molar-refractivity contribution in [3.8, 4) is 16.9 Å². The quantitative estimate of drug-likeness (QED) is 0.692. The molecule has 2 aromatic carbocycles. The van der Waals surface area contributed by atoms with Crippen LogP contribution in [0.1, 0.15) is 10.5 Å². The molecule has 1 aromatic heterocycles. The Labute approximate surface area is 146 Å². The SMILES string of the molecule is O=C(O)c1cc(-c2ccccc2Cl)n(-c2ccc(Cl)cc2Cl)n1. The minimum Gasteiger partial charge on any atom is -0.476 e. The highest BCUT2D eigenvalue weighted by atomic mass is 35.5. The number of aromatic nitrogens is 2. The predicted molar refractivity (Wildman–Crippen MR) is 91.0 cm³/mol. The third kappa shape index (κ3) is 3.06. The molecule has 0 atom stereocenters. The molecule has 0 spiro atoms. The van der Waals surface area contributed by atoms with Crippen molar-refractivity contribution < 1.29 is 9.90 Å². The molecule has 116 valence electrons. The van der Waals surface area contributed by atoms with Crippen LogP contribution in [0.5, 0.6) is 0 Å². The highest BCUT2D eigenvalue weighted by Crippen LogP contribution is 2.33. The van der Waals surface area contributed by atoms with Gasteiger partial charge in [-0.3, -0.25) is 0 Å². The average molecular weight is 368 g/mol. The lowest BCUT2D eigenvalue weighted by atomic mass is 10.1. The van der Waals surface area contributed by atoms with Crippen LogP contribution >= 0.6 is 34.8 Å². The second-order valence-electron chi connectivity index (χ2n) is 4.71. The maximum atomic E-state index is 11.3. The summed E-state index contributed by atoms with van der Waals surface area (Å²) < 4.78 is 1.45. The van der Waals surface area contributed by atoms with Crippen molar-refractivity contribution in [2.45, 2.75) is 0 Å². The van der Waals surface area contributed by atoms with Gasteiger partial charge in [0, 0.05) is 15.6 Å². The van der Waals surface area contributed by atoms with Gasteiger partial charge in [-0.05, 0) is 30.3 Å². The first-order valence-electron chi connectivity index (χ1n) is 6.51. The molecule has 0 aliphatic carbocycles. The zero-order valence-corrected chi connectivity index (χ0v) is 13.8. The van der Waals surface area contributed by atoms with Gasteiger partial charge in [0.2, 0.25) is 0 Å². The van der Waals surface area contributed by atoms with Gasteiger partial charge in [0.05, 0.1) is 16.4 Å². The van der Waals surface area contributed by atoms with Gasteiger partial charge < -0.3 is 5.11 Å². The molecule has 0 fully saturated rings. The van der Waals surface area contributed by atoms with Crippen LogP contribution in [0.4, 0.5) is 0 Å². The highest BCUT2D eigenvalue weighted by Gasteiger charge is 2.19. The van der Waals surface area contributed by atoms with Crippen molar-refractivity contribution in [1.82, 2.24) is 9.78 Å². The van der Waals surface area contributed by atoms with Gasteiger partial charge >= 0.3 is 5.97 Å². The molecule has 0 unspecified atom stereocenters. The minimum absolute atomic E-state index is 0.106. The first-order valence-corrected chi connectivity index (χ1v) is 7.64. The van der Waals surface area contributed by atoms with Gasteiger partial charge in [-0.2, -0.15) is 5.10 Å². The smallest absolute Gasteiger partial charge is 0.356 e. The van der Waals surface area contributed by atoms with Crippen molar-refractivity contribution in [3.05, 3.63) is 69.3 Å². The molecule has 1 heterocycles. The Morgan fingerprint density at radius 2 is 1.74 bits per heavy atom.